The summed E-state index contributed by atoms with van der Waals surface area (Å²) in [5, 5.41) is 1.49. The fourth-order valence-electron chi connectivity index (χ4n) is 1.42. The van der Waals surface area contributed by atoms with Gasteiger partial charge in [0.25, 0.3) is 0 Å². The minimum atomic E-state index is -4.24. The Hall–Kier alpha value is -1.03. The molecule has 0 saturated heterocycles. The zero-order chi connectivity index (χ0) is 10.3. The number of alkyl halides is 3. The molecule has 0 fully saturated rings. The van der Waals surface area contributed by atoms with Crippen LogP contribution in [0.1, 0.15) is 11.1 Å². The number of rotatable bonds is 0. The molecule has 74 valence electrons. The first-order chi connectivity index (χ1) is 6.50. The topological polar surface area (TPSA) is 0 Å². The second-order valence-corrected chi connectivity index (χ2v) is 3.98. The molecule has 0 N–H and O–H groups in total. The van der Waals surface area contributed by atoms with Gasteiger partial charge in [-0.25, -0.2) is 0 Å². The number of fused-ring (bicyclic) bond motifs is 1. The largest absolute Gasteiger partial charge is 0.417 e. The van der Waals surface area contributed by atoms with Crippen molar-refractivity contribution in [1.29, 1.82) is 0 Å². The standard InChI is InChI=1S/C10H7F3S/c1-6-3-2-4-7-8(10(11,12)13)5-14-9(6)7/h2-5H,1H3. The van der Waals surface area contributed by atoms with Crippen molar-refractivity contribution in [2.45, 2.75) is 13.1 Å². The zero-order valence-electron chi connectivity index (χ0n) is 7.35. The van der Waals surface area contributed by atoms with E-state index in [1.165, 1.54) is 11.4 Å². The van der Waals surface area contributed by atoms with E-state index < -0.39 is 11.7 Å². The Morgan fingerprint density at radius 1 is 1.21 bits per heavy atom. The van der Waals surface area contributed by atoms with E-state index in [1.807, 2.05) is 13.0 Å². The zero-order valence-corrected chi connectivity index (χ0v) is 8.17. The predicted molar refractivity (Wildman–Crippen MR) is 51.6 cm³/mol. The van der Waals surface area contributed by atoms with Crippen LogP contribution in [0.4, 0.5) is 13.2 Å². The van der Waals surface area contributed by atoms with E-state index in [4.69, 9.17) is 0 Å². The van der Waals surface area contributed by atoms with Crippen LogP contribution >= 0.6 is 11.3 Å². The van der Waals surface area contributed by atoms with Crippen molar-refractivity contribution < 1.29 is 13.2 Å². The Morgan fingerprint density at radius 3 is 2.57 bits per heavy atom. The summed E-state index contributed by atoms with van der Waals surface area (Å²) >= 11 is 1.15. The van der Waals surface area contributed by atoms with Crippen LogP contribution in [0, 0.1) is 6.92 Å². The Bertz CT molecular complexity index is 468. The number of benzene rings is 1. The number of halogens is 3. The third-order valence-corrected chi connectivity index (χ3v) is 3.23. The fraction of sp³-hybridized carbons (Fsp3) is 0.200. The molecule has 0 aliphatic carbocycles. The average Bonchev–Trinajstić information content (AvgIpc) is 2.47. The smallest absolute Gasteiger partial charge is 0.166 e. The minimum Gasteiger partial charge on any atom is -0.166 e. The molecule has 1 aromatic carbocycles. The highest BCUT2D eigenvalue weighted by Gasteiger charge is 2.33. The average molecular weight is 216 g/mol. The van der Waals surface area contributed by atoms with Gasteiger partial charge in [-0.2, -0.15) is 13.2 Å². The Balaban J connectivity index is 2.76. The van der Waals surface area contributed by atoms with E-state index in [1.54, 1.807) is 6.07 Å². The maximum Gasteiger partial charge on any atom is 0.417 e. The molecule has 1 heterocycles. The first-order valence-electron chi connectivity index (χ1n) is 4.04. The predicted octanol–water partition coefficient (Wildman–Crippen LogP) is 4.23. The van der Waals surface area contributed by atoms with Gasteiger partial charge in [-0.05, 0) is 12.5 Å². The van der Waals surface area contributed by atoms with Crippen LogP contribution in [0.15, 0.2) is 23.6 Å². The summed E-state index contributed by atoms with van der Waals surface area (Å²) in [6.07, 6.45) is -4.24. The molecule has 0 aliphatic heterocycles. The van der Waals surface area contributed by atoms with Crippen molar-refractivity contribution in [2.24, 2.45) is 0 Å². The van der Waals surface area contributed by atoms with Crippen LogP contribution in [-0.2, 0) is 6.18 Å². The van der Waals surface area contributed by atoms with Crippen LogP contribution < -0.4 is 0 Å². The minimum absolute atomic E-state index is 0.308. The van der Waals surface area contributed by atoms with Crippen molar-refractivity contribution in [3.05, 3.63) is 34.7 Å². The van der Waals surface area contributed by atoms with E-state index in [0.717, 1.165) is 21.6 Å². The van der Waals surface area contributed by atoms with Gasteiger partial charge in [-0.1, -0.05) is 18.2 Å². The summed E-state index contributed by atoms with van der Waals surface area (Å²) in [5.74, 6) is 0. The first-order valence-corrected chi connectivity index (χ1v) is 4.92. The molecule has 1 aromatic heterocycles. The number of hydrogen-bond donors (Lipinski definition) is 0. The van der Waals surface area contributed by atoms with E-state index >= 15 is 0 Å². The second-order valence-electron chi connectivity index (χ2n) is 3.10. The van der Waals surface area contributed by atoms with Gasteiger partial charge in [-0.3, -0.25) is 0 Å². The molecule has 0 unspecified atom stereocenters. The van der Waals surface area contributed by atoms with Crippen LogP contribution in [0.25, 0.3) is 10.1 Å². The van der Waals surface area contributed by atoms with E-state index in [0.29, 0.717) is 5.39 Å². The maximum atomic E-state index is 12.5. The Kier molecular flexibility index (Phi) is 2.03. The highest BCUT2D eigenvalue weighted by Crippen LogP contribution is 2.39. The lowest BCUT2D eigenvalue weighted by molar-refractivity contribution is -0.136. The molecule has 0 atom stereocenters. The van der Waals surface area contributed by atoms with Crippen molar-refractivity contribution in [3.63, 3.8) is 0 Å². The second kappa shape index (κ2) is 2.98. The molecule has 0 amide bonds. The quantitative estimate of drug-likeness (QED) is 0.618. The molecule has 4 heteroatoms. The SMILES string of the molecule is Cc1cccc2c(C(F)(F)F)csc12. The molecule has 14 heavy (non-hydrogen) atoms. The van der Waals surface area contributed by atoms with Gasteiger partial charge in [0.05, 0.1) is 5.56 Å². The Labute approximate surface area is 83.0 Å². The molecular weight excluding hydrogens is 209 g/mol. The summed E-state index contributed by atoms with van der Waals surface area (Å²) in [5.41, 5.74) is 0.365. The molecule has 0 aliphatic rings. The van der Waals surface area contributed by atoms with Crippen LogP contribution in [0.3, 0.4) is 0 Å². The molecule has 0 spiro atoms. The summed E-state index contributed by atoms with van der Waals surface area (Å²) in [6.45, 7) is 1.82. The van der Waals surface area contributed by atoms with Gasteiger partial charge in [0.15, 0.2) is 0 Å². The highest BCUT2D eigenvalue weighted by molar-refractivity contribution is 7.17. The van der Waals surface area contributed by atoms with Gasteiger partial charge in [0.1, 0.15) is 0 Å². The number of hydrogen-bond acceptors (Lipinski definition) is 1. The Morgan fingerprint density at radius 2 is 1.93 bits per heavy atom. The molecule has 2 aromatic rings. The van der Waals surface area contributed by atoms with E-state index in [9.17, 15) is 13.2 Å². The lowest BCUT2D eigenvalue weighted by Crippen LogP contribution is -2.02. The maximum absolute atomic E-state index is 12.5. The lowest BCUT2D eigenvalue weighted by atomic mass is 10.1. The van der Waals surface area contributed by atoms with Crippen molar-refractivity contribution in [1.82, 2.24) is 0 Å². The summed E-state index contributed by atoms with van der Waals surface area (Å²) in [7, 11) is 0. The molecule has 0 bridgehead atoms. The van der Waals surface area contributed by atoms with Crippen molar-refractivity contribution >= 4 is 21.4 Å². The molecule has 2 rings (SSSR count). The third kappa shape index (κ3) is 1.39. The third-order valence-electron chi connectivity index (χ3n) is 2.10. The van der Waals surface area contributed by atoms with Crippen LogP contribution in [0.2, 0.25) is 0 Å². The first kappa shape index (κ1) is 9.52. The van der Waals surface area contributed by atoms with Gasteiger partial charge in [0.2, 0.25) is 0 Å². The summed E-state index contributed by atoms with van der Waals surface area (Å²) < 4.78 is 38.2. The van der Waals surface area contributed by atoms with Crippen molar-refractivity contribution in [3.8, 4) is 0 Å². The monoisotopic (exact) mass is 216 g/mol. The van der Waals surface area contributed by atoms with Crippen LogP contribution in [0.5, 0.6) is 0 Å². The molecule has 0 saturated carbocycles. The van der Waals surface area contributed by atoms with Crippen molar-refractivity contribution in [2.75, 3.05) is 0 Å². The normalized spacial score (nSPS) is 12.3. The number of thiophene rings is 1. The van der Waals surface area contributed by atoms with Crippen LogP contribution in [-0.4, -0.2) is 0 Å². The van der Waals surface area contributed by atoms with Gasteiger partial charge in [0, 0.05) is 15.5 Å². The van der Waals surface area contributed by atoms with Gasteiger partial charge >= 0.3 is 6.18 Å². The van der Waals surface area contributed by atoms with E-state index in [-0.39, 0.29) is 0 Å². The van der Waals surface area contributed by atoms with Gasteiger partial charge < -0.3 is 0 Å². The van der Waals surface area contributed by atoms with E-state index in [2.05, 4.69) is 0 Å². The highest BCUT2D eigenvalue weighted by atomic mass is 32.1. The summed E-state index contributed by atoms with van der Waals surface area (Å²) in [4.78, 5) is 0. The van der Waals surface area contributed by atoms with Gasteiger partial charge in [-0.15, -0.1) is 11.3 Å². The molecule has 0 nitrogen and oxygen atoms in total. The molecular formula is C10H7F3S. The molecule has 0 radical (unpaired) electrons. The fourth-order valence-corrected chi connectivity index (χ4v) is 2.48. The lowest BCUT2D eigenvalue weighted by Gasteiger charge is -2.04. The number of aryl methyl sites for hydroxylation is 1. The summed E-state index contributed by atoms with van der Waals surface area (Å²) in [6, 6.07) is 4.99.